The molecular formula is C23H17ClN4O6. The topological polar surface area (TPSA) is 140 Å². The Labute approximate surface area is 198 Å². The van der Waals surface area contributed by atoms with Gasteiger partial charge >= 0.3 is 17.8 Å². The summed E-state index contributed by atoms with van der Waals surface area (Å²) in [5.41, 5.74) is 2.96. The van der Waals surface area contributed by atoms with Crippen molar-refractivity contribution in [2.24, 2.45) is 5.10 Å². The van der Waals surface area contributed by atoms with E-state index in [2.05, 4.69) is 15.8 Å². The predicted octanol–water partition coefficient (Wildman–Crippen LogP) is 3.86. The lowest BCUT2D eigenvalue weighted by atomic mass is 10.2. The van der Waals surface area contributed by atoms with E-state index in [1.165, 1.54) is 42.6 Å². The van der Waals surface area contributed by atoms with Gasteiger partial charge in [-0.05, 0) is 48.4 Å². The van der Waals surface area contributed by atoms with Crippen LogP contribution in [0.5, 0.6) is 5.75 Å². The zero-order valence-electron chi connectivity index (χ0n) is 17.7. The first-order chi connectivity index (χ1) is 16.3. The summed E-state index contributed by atoms with van der Waals surface area (Å²) in [7, 11) is 0. The maximum Gasteiger partial charge on any atom is 0.350 e. The van der Waals surface area contributed by atoms with E-state index in [1.54, 1.807) is 37.3 Å². The van der Waals surface area contributed by atoms with Crippen LogP contribution in [0.15, 0.2) is 71.8 Å². The van der Waals surface area contributed by atoms with E-state index < -0.39 is 22.7 Å². The molecule has 0 aliphatic rings. The molecule has 0 aliphatic carbocycles. The van der Waals surface area contributed by atoms with Gasteiger partial charge in [-0.15, -0.1) is 0 Å². The summed E-state index contributed by atoms with van der Waals surface area (Å²) in [5, 5.41) is 17.7. The van der Waals surface area contributed by atoms with Crippen LogP contribution in [0, 0.1) is 17.0 Å². The lowest BCUT2D eigenvalue weighted by Gasteiger charge is -2.08. The number of ether oxygens (including phenoxy) is 1. The van der Waals surface area contributed by atoms with Crippen molar-refractivity contribution in [3.63, 3.8) is 0 Å². The lowest BCUT2D eigenvalue weighted by Crippen LogP contribution is -2.32. The Morgan fingerprint density at radius 3 is 2.53 bits per heavy atom. The number of hydrogen-bond acceptors (Lipinski definition) is 7. The molecule has 3 aromatic rings. The van der Waals surface area contributed by atoms with Crippen LogP contribution in [0.2, 0.25) is 5.02 Å². The van der Waals surface area contributed by atoms with Crippen LogP contribution in [-0.4, -0.2) is 28.9 Å². The Kier molecular flexibility index (Phi) is 7.67. The molecule has 0 saturated carbocycles. The first kappa shape index (κ1) is 24.1. The van der Waals surface area contributed by atoms with Crippen molar-refractivity contribution in [2.75, 3.05) is 5.32 Å². The van der Waals surface area contributed by atoms with Crippen molar-refractivity contribution in [3.05, 3.63) is 98.6 Å². The molecule has 172 valence electrons. The van der Waals surface area contributed by atoms with Crippen molar-refractivity contribution in [2.45, 2.75) is 6.92 Å². The van der Waals surface area contributed by atoms with Crippen LogP contribution >= 0.6 is 11.6 Å². The third-order valence-electron chi connectivity index (χ3n) is 4.49. The van der Waals surface area contributed by atoms with E-state index in [1.807, 2.05) is 0 Å². The van der Waals surface area contributed by atoms with E-state index in [0.717, 1.165) is 0 Å². The van der Waals surface area contributed by atoms with E-state index in [4.69, 9.17) is 16.3 Å². The molecule has 0 fully saturated rings. The number of nitrogens with zero attached hydrogens (tertiary/aromatic N) is 2. The van der Waals surface area contributed by atoms with Crippen molar-refractivity contribution < 1.29 is 24.0 Å². The van der Waals surface area contributed by atoms with Gasteiger partial charge in [-0.3, -0.25) is 19.7 Å². The number of hydrazone groups is 1. The fourth-order valence-corrected chi connectivity index (χ4v) is 2.94. The van der Waals surface area contributed by atoms with Crippen molar-refractivity contribution in [1.29, 1.82) is 0 Å². The second kappa shape index (κ2) is 10.8. The number of hydrogen-bond donors (Lipinski definition) is 2. The molecule has 0 radical (unpaired) electrons. The number of nitrogens with one attached hydrogen (secondary N) is 2. The highest BCUT2D eigenvalue weighted by atomic mass is 35.5. The fraction of sp³-hybridized carbons (Fsp3) is 0.0435. The summed E-state index contributed by atoms with van der Waals surface area (Å²) in [6.45, 7) is 1.70. The number of nitro benzene ring substituents is 1. The number of nitro groups is 1. The summed E-state index contributed by atoms with van der Waals surface area (Å²) in [6, 6.07) is 16.4. The Morgan fingerprint density at radius 2 is 1.76 bits per heavy atom. The maximum absolute atomic E-state index is 12.4. The molecule has 0 heterocycles. The van der Waals surface area contributed by atoms with Gasteiger partial charge in [-0.2, -0.15) is 5.10 Å². The zero-order chi connectivity index (χ0) is 24.7. The lowest BCUT2D eigenvalue weighted by molar-refractivity contribution is -0.385. The van der Waals surface area contributed by atoms with Gasteiger partial charge in [0.05, 0.1) is 11.1 Å². The van der Waals surface area contributed by atoms with Gasteiger partial charge in [0.25, 0.3) is 5.69 Å². The normalized spacial score (nSPS) is 10.5. The smallest absolute Gasteiger partial charge is 0.350 e. The Balaban J connectivity index is 1.62. The van der Waals surface area contributed by atoms with E-state index in [-0.39, 0.29) is 17.0 Å². The average molecular weight is 481 g/mol. The summed E-state index contributed by atoms with van der Waals surface area (Å²) >= 11 is 5.99. The molecule has 3 aromatic carbocycles. The first-order valence-electron chi connectivity index (χ1n) is 9.71. The Bertz CT molecular complexity index is 1310. The number of carbonyl (C=O) groups is 3. The van der Waals surface area contributed by atoms with E-state index in [9.17, 15) is 24.5 Å². The van der Waals surface area contributed by atoms with Gasteiger partial charge in [0.1, 0.15) is 11.3 Å². The molecule has 0 aliphatic heterocycles. The highest BCUT2D eigenvalue weighted by molar-refractivity contribution is 6.40. The molecule has 2 amide bonds. The number of halogens is 1. The molecule has 0 spiro atoms. The Hall–Kier alpha value is -4.57. The number of para-hydroxylation sites is 1. The fourth-order valence-electron chi connectivity index (χ4n) is 2.76. The molecule has 0 aromatic heterocycles. The minimum Gasteiger partial charge on any atom is -0.423 e. The summed E-state index contributed by atoms with van der Waals surface area (Å²) < 4.78 is 5.22. The quantitative estimate of drug-likeness (QED) is 0.137. The largest absolute Gasteiger partial charge is 0.423 e. The number of rotatable bonds is 6. The number of esters is 1. The van der Waals surface area contributed by atoms with Gasteiger partial charge in [-0.1, -0.05) is 41.9 Å². The maximum atomic E-state index is 12.4. The zero-order valence-corrected chi connectivity index (χ0v) is 18.4. The van der Waals surface area contributed by atoms with Crippen LogP contribution in [0.3, 0.4) is 0 Å². The van der Waals surface area contributed by atoms with Crippen molar-refractivity contribution >= 4 is 47.0 Å². The highest BCUT2D eigenvalue weighted by Gasteiger charge is 2.21. The van der Waals surface area contributed by atoms with Gasteiger partial charge in [0.15, 0.2) is 0 Å². The van der Waals surface area contributed by atoms with Crippen LogP contribution in [0.1, 0.15) is 21.5 Å². The summed E-state index contributed by atoms with van der Waals surface area (Å²) in [5.74, 6) is -2.74. The average Bonchev–Trinajstić information content (AvgIpc) is 2.82. The summed E-state index contributed by atoms with van der Waals surface area (Å²) in [4.78, 5) is 46.8. The van der Waals surface area contributed by atoms with E-state index in [0.29, 0.717) is 21.8 Å². The molecule has 34 heavy (non-hydrogen) atoms. The third-order valence-corrected chi connectivity index (χ3v) is 4.90. The van der Waals surface area contributed by atoms with Gasteiger partial charge in [-0.25, -0.2) is 10.2 Å². The molecule has 2 N–H and O–H groups in total. The number of carbonyl (C=O) groups excluding carboxylic acids is 3. The minimum atomic E-state index is -1.01. The van der Waals surface area contributed by atoms with Crippen molar-refractivity contribution in [1.82, 2.24) is 5.43 Å². The SMILES string of the molecule is Cc1c(Cl)cccc1NC(=O)C(=O)NN=Cc1cccc(OC(=O)c2ccccc2[N+](=O)[O-])c1. The first-order valence-corrected chi connectivity index (χ1v) is 10.1. The minimum absolute atomic E-state index is 0.104. The van der Waals surface area contributed by atoms with Gasteiger partial charge < -0.3 is 10.1 Å². The highest BCUT2D eigenvalue weighted by Crippen LogP contribution is 2.23. The van der Waals surface area contributed by atoms with Crippen LogP contribution in [-0.2, 0) is 9.59 Å². The van der Waals surface area contributed by atoms with Crippen LogP contribution in [0.4, 0.5) is 11.4 Å². The van der Waals surface area contributed by atoms with E-state index >= 15 is 0 Å². The molecule has 3 rings (SSSR count). The second-order valence-corrected chi connectivity index (χ2v) is 7.21. The number of anilines is 1. The summed E-state index contributed by atoms with van der Waals surface area (Å²) in [6.07, 6.45) is 1.23. The standard InChI is InChI=1S/C23H17ClN4O6/c1-14-18(24)9-5-10-19(14)26-21(29)22(30)27-25-13-15-6-4-7-16(12-15)34-23(31)17-8-2-3-11-20(17)28(32)33/h2-13H,1H3,(H,26,29)(H,27,30). The molecule has 10 nitrogen and oxygen atoms in total. The second-order valence-electron chi connectivity index (χ2n) is 6.80. The monoisotopic (exact) mass is 480 g/mol. The molecular weight excluding hydrogens is 464 g/mol. The molecule has 0 atom stereocenters. The van der Waals surface area contributed by atoms with Crippen molar-refractivity contribution in [3.8, 4) is 5.75 Å². The van der Waals surface area contributed by atoms with Crippen LogP contribution in [0.25, 0.3) is 0 Å². The van der Waals surface area contributed by atoms with Crippen LogP contribution < -0.4 is 15.5 Å². The number of benzene rings is 3. The third kappa shape index (κ3) is 6.02. The number of amides is 2. The van der Waals surface area contributed by atoms with Gasteiger partial charge in [0, 0.05) is 16.8 Å². The Morgan fingerprint density at radius 1 is 1.03 bits per heavy atom. The predicted molar refractivity (Wildman–Crippen MR) is 125 cm³/mol. The van der Waals surface area contributed by atoms with Gasteiger partial charge in [0.2, 0.25) is 0 Å². The molecule has 0 unspecified atom stereocenters. The molecule has 0 saturated heterocycles. The molecule has 0 bridgehead atoms. The molecule has 11 heteroatoms.